The zero-order valence-electron chi connectivity index (χ0n) is 10.8. The van der Waals surface area contributed by atoms with E-state index in [1.54, 1.807) is 16.7 Å². The predicted molar refractivity (Wildman–Crippen MR) is 72.5 cm³/mol. The van der Waals surface area contributed by atoms with E-state index in [2.05, 4.69) is 30.4 Å². The Labute approximate surface area is 105 Å². The van der Waals surface area contributed by atoms with E-state index in [-0.39, 0.29) is 0 Å². The van der Waals surface area contributed by atoms with Crippen LogP contribution in [0.3, 0.4) is 0 Å². The van der Waals surface area contributed by atoms with Crippen LogP contribution in [0.1, 0.15) is 48.8 Å². The first-order chi connectivity index (χ1) is 8.33. The molecule has 1 N–H and O–H groups in total. The van der Waals surface area contributed by atoms with E-state index in [1.807, 2.05) is 0 Å². The van der Waals surface area contributed by atoms with Gasteiger partial charge in [0.05, 0.1) is 0 Å². The summed E-state index contributed by atoms with van der Waals surface area (Å²) in [6.45, 7) is 4.80. The van der Waals surface area contributed by atoms with Gasteiger partial charge in [0.15, 0.2) is 0 Å². The Hall–Kier alpha value is -0.820. The molecule has 1 unspecified atom stereocenters. The molecule has 1 heterocycles. The molecule has 1 aromatic rings. The first-order valence-electron chi connectivity index (χ1n) is 7.15. The van der Waals surface area contributed by atoms with Gasteiger partial charge >= 0.3 is 0 Å². The zero-order chi connectivity index (χ0) is 11.7. The van der Waals surface area contributed by atoms with Gasteiger partial charge in [0, 0.05) is 0 Å². The molecule has 0 saturated carbocycles. The molecule has 1 atom stereocenters. The largest absolute Gasteiger partial charge is 0.317 e. The van der Waals surface area contributed by atoms with Crippen molar-refractivity contribution in [2.75, 3.05) is 13.1 Å². The lowest BCUT2D eigenvalue weighted by atomic mass is 9.89. The molecular weight excluding hydrogens is 206 g/mol. The minimum absolute atomic E-state index is 0.790. The summed E-state index contributed by atoms with van der Waals surface area (Å²) >= 11 is 0. The second-order valence-electron chi connectivity index (χ2n) is 5.87. The van der Waals surface area contributed by atoms with Gasteiger partial charge in [-0.05, 0) is 73.7 Å². The Morgan fingerprint density at radius 2 is 2.00 bits per heavy atom. The van der Waals surface area contributed by atoms with Crippen LogP contribution in [0.5, 0.6) is 0 Å². The molecule has 3 rings (SSSR count). The van der Waals surface area contributed by atoms with Gasteiger partial charge in [-0.3, -0.25) is 0 Å². The Morgan fingerprint density at radius 1 is 1.18 bits per heavy atom. The van der Waals surface area contributed by atoms with E-state index in [0.717, 1.165) is 11.8 Å². The molecule has 92 valence electrons. The average Bonchev–Trinajstić information content (AvgIpc) is 2.73. The number of hydrogen-bond acceptors (Lipinski definition) is 1. The SMILES string of the molecule is CC1CCc2ccc(CC3CCNCC3)cc21. The molecule has 17 heavy (non-hydrogen) atoms. The number of nitrogens with one attached hydrogen (secondary N) is 1. The number of hydrogen-bond donors (Lipinski definition) is 1. The molecule has 1 heteroatoms. The van der Waals surface area contributed by atoms with Crippen molar-refractivity contribution in [3.05, 3.63) is 34.9 Å². The van der Waals surface area contributed by atoms with Crippen LogP contribution in [-0.2, 0) is 12.8 Å². The summed E-state index contributed by atoms with van der Waals surface area (Å²) in [5.41, 5.74) is 4.81. The Balaban J connectivity index is 1.73. The molecule has 1 saturated heterocycles. The third-order valence-electron chi connectivity index (χ3n) is 4.57. The van der Waals surface area contributed by atoms with E-state index in [4.69, 9.17) is 0 Å². The van der Waals surface area contributed by atoms with Crippen molar-refractivity contribution < 1.29 is 0 Å². The van der Waals surface area contributed by atoms with Crippen LogP contribution in [0, 0.1) is 5.92 Å². The van der Waals surface area contributed by atoms with Gasteiger partial charge < -0.3 is 5.32 Å². The van der Waals surface area contributed by atoms with Gasteiger partial charge in [0.1, 0.15) is 0 Å². The first-order valence-corrected chi connectivity index (χ1v) is 7.15. The number of aryl methyl sites for hydroxylation is 1. The first kappa shape index (κ1) is 11.3. The molecule has 1 aliphatic heterocycles. The van der Waals surface area contributed by atoms with E-state index >= 15 is 0 Å². The summed E-state index contributed by atoms with van der Waals surface area (Å²) < 4.78 is 0. The molecule has 1 fully saturated rings. The second kappa shape index (κ2) is 4.81. The standard InChI is InChI=1S/C16H23N/c1-12-2-4-15-5-3-14(11-16(12)15)10-13-6-8-17-9-7-13/h3,5,11-13,17H,2,4,6-10H2,1H3. The quantitative estimate of drug-likeness (QED) is 0.820. The van der Waals surface area contributed by atoms with Gasteiger partial charge in [0.25, 0.3) is 0 Å². The second-order valence-corrected chi connectivity index (χ2v) is 5.87. The molecule has 1 nitrogen and oxygen atoms in total. The predicted octanol–water partition coefficient (Wildman–Crippen LogP) is 3.28. The maximum Gasteiger partial charge on any atom is -0.00462 e. The van der Waals surface area contributed by atoms with Crippen molar-refractivity contribution >= 4 is 0 Å². The summed E-state index contributed by atoms with van der Waals surface area (Å²) in [5.74, 6) is 1.70. The molecule has 1 aliphatic carbocycles. The van der Waals surface area contributed by atoms with Crippen LogP contribution in [0.4, 0.5) is 0 Å². The Morgan fingerprint density at radius 3 is 2.82 bits per heavy atom. The summed E-state index contributed by atoms with van der Waals surface area (Å²) in [7, 11) is 0. The molecule has 0 radical (unpaired) electrons. The zero-order valence-corrected chi connectivity index (χ0v) is 10.8. The average molecular weight is 229 g/mol. The minimum Gasteiger partial charge on any atom is -0.317 e. The van der Waals surface area contributed by atoms with Crippen LogP contribution in [0.2, 0.25) is 0 Å². The maximum atomic E-state index is 3.45. The minimum atomic E-state index is 0.790. The third-order valence-corrected chi connectivity index (χ3v) is 4.57. The number of rotatable bonds is 2. The summed E-state index contributed by atoms with van der Waals surface area (Å²) in [6.07, 6.45) is 6.65. The third kappa shape index (κ3) is 2.40. The highest BCUT2D eigenvalue weighted by molar-refractivity contribution is 5.38. The van der Waals surface area contributed by atoms with Crippen molar-refractivity contribution in [2.45, 2.75) is 44.9 Å². The molecule has 0 bridgehead atoms. The van der Waals surface area contributed by atoms with Crippen molar-refractivity contribution in [3.8, 4) is 0 Å². The number of benzene rings is 1. The maximum absolute atomic E-state index is 3.45. The van der Waals surface area contributed by atoms with Crippen LogP contribution >= 0.6 is 0 Å². The fraction of sp³-hybridized carbons (Fsp3) is 0.625. The highest BCUT2D eigenvalue weighted by atomic mass is 14.9. The van der Waals surface area contributed by atoms with Gasteiger partial charge in [-0.2, -0.15) is 0 Å². The van der Waals surface area contributed by atoms with E-state index in [0.29, 0.717) is 0 Å². The molecule has 0 spiro atoms. The Kier molecular flexibility index (Phi) is 3.19. The van der Waals surface area contributed by atoms with Crippen molar-refractivity contribution in [2.24, 2.45) is 5.92 Å². The van der Waals surface area contributed by atoms with E-state index in [9.17, 15) is 0 Å². The topological polar surface area (TPSA) is 12.0 Å². The van der Waals surface area contributed by atoms with Crippen molar-refractivity contribution in [3.63, 3.8) is 0 Å². The Bertz CT molecular complexity index is 391. The fourth-order valence-corrected chi connectivity index (χ4v) is 3.40. The van der Waals surface area contributed by atoms with Gasteiger partial charge in [0.2, 0.25) is 0 Å². The van der Waals surface area contributed by atoms with Crippen LogP contribution in [-0.4, -0.2) is 13.1 Å². The number of fused-ring (bicyclic) bond motifs is 1. The lowest BCUT2D eigenvalue weighted by molar-refractivity contribution is 0.372. The van der Waals surface area contributed by atoms with Crippen LogP contribution < -0.4 is 5.32 Å². The summed E-state index contributed by atoms with van der Waals surface area (Å²) in [4.78, 5) is 0. The normalized spacial score (nSPS) is 24.9. The van der Waals surface area contributed by atoms with Gasteiger partial charge in [-0.1, -0.05) is 25.1 Å². The summed E-state index contributed by atoms with van der Waals surface area (Å²) in [5, 5.41) is 3.45. The van der Waals surface area contributed by atoms with Crippen molar-refractivity contribution in [1.29, 1.82) is 0 Å². The van der Waals surface area contributed by atoms with E-state index < -0.39 is 0 Å². The van der Waals surface area contributed by atoms with Gasteiger partial charge in [-0.25, -0.2) is 0 Å². The van der Waals surface area contributed by atoms with Crippen LogP contribution in [0.25, 0.3) is 0 Å². The molecule has 1 aromatic carbocycles. The molecule has 2 aliphatic rings. The van der Waals surface area contributed by atoms with E-state index in [1.165, 1.54) is 45.2 Å². The highest BCUT2D eigenvalue weighted by Gasteiger charge is 2.19. The fourth-order valence-electron chi connectivity index (χ4n) is 3.40. The smallest absolute Gasteiger partial charge is 0.00462 e. The highest BCUT2D eigenvalue weighted by Crippen LogP contribution is 2.33. The molecule has 0 aromatic heterocycles. The lowest BCUT2D eigenvalue weighted by Crippen LogP contribution is -2.28. The summed E-state index contributed by atoms with van der Waals surface area (Å²) in [6, 6.07) is 7.25. The molecule has 0 amide bonds. The van der Waals surface area contributed by atoms with Crippen molar-refractivity contribution in [1.82, 2.24) is 5.32 Å². The molecular formula is C16H23N. The van der Waals surface area contributed by atoms with Gasteiger partial charge in [-0.15, -0.1) is 0 Å². The lowest BCUT2D eigenvalue weighted by Gasteiger charge is -2.23. The number of piperidine rings is 1. The monoisotopic (exact) mass is 229 g/mol. The van der Waals surface area contributed by atoms with Crippen LogP contribution in [0.15, 0.2) is 18.2 Å².